The number of carbonyl (C=O) groups excluding carboxylic acids is 2. The minimum Gasteiger partial charge on any atom is -0.478 e. The molecule has 0 aliphatic carbocycles. The highest BCUT2D eigenvalue weighted by Gasteiger charge is 2.31. The Balaban J connectivity index is 1.59. The van der Waals surface area contributed by atoms with Crippen LogP contribution in [-0.2, 0) is 13.0 Å². The van der Waals surface area contributed by atoms with Gasteiger partial charge in [-0.2, -0.15) is 0 Å². The van der Waals surface area contributed by atoms with E-state index in [0.29, 0.717) is 21.0 Å². The molecule has 0 fully saturated rings. The lowest BCUT2D eigenvalue weighted by molar-refractivity contribution is 0.0696. The number of carboxylic acids is 1. The van der Waals surface area contributed by atoms with Gasteiger partial charge in [0.25, 0.3) is 11.8 Å². The summed E-state index contributed by atoms with van der Waals surface area (Å²) in [6, 6.07) is 9.07. The topological polar surface area (TPSA) is 86.7 Å². The SMILES string of the molecule is O=C(Nc1sc2c(c1C(=O)O)CCN(C(=O)c1ccc(F)c(F)c1)C2)c1ccc(Cl)cc1. The molecule has 2 heterocycles. The fraction of sp³-hybridized carbons (Fsp3) is 0.136. The first-order valence-corrected chi connectivity index (χ1v) is 10.6. The molecule has 0 unspecified atom stereocenters. The van der Waals surface area contributed by atoms with E-state index in [2.05, 4.69) is 5.32 Å². The van der Waals surface area contributed by atoms with Crippen LogP contribution in [0.4, 0.5) is 13.8 Å². The van der Waals surface area contributed by atoms with Crippen molar-refractivity contribution >= 4 is 45.7 Å². The van der Waals surface area contributed by atoms with Gasteiger partial charge in [-0.25, -0.2) is 13.6 Å². The molecule has 1 aromatic heterocycles. The normalized spacial score (nSPS) is 12.9. The van der Waals surface area contributed by atoms with Gasteiger partial charge in [0.15, 0.2) is 11.6 Å². The third-order valence-electron chi connectivity index (χ3n) is 5.06. The summed E-state index contributed by atoms with van der Waals surface area (Å²) in [6.45, 7) is 0.293. The molecule has 1 aliphatic rings. The highest BCUT2D eigenvalue weighted by molar-refractivity contribution is 7.17. The lowest BCUT2D eigenvalue weighted by Gasteiger charge is -2.27. The number of fused-ring (bicyclic) bond motifs is 1. The van der Waals surface area contributed by atoms with Crippen molar-refractivity contribution in [2.75, 3.05) is 11.9 Å². The van der Waals surface area contributed by atoms with Gasteiger partial charge in [0.05, 0.1) is 12.1 Å². The van der Waals surface area contributed by atoms with Crippen LogP contribution in [0, 0.1) is 11.6 Å². The molecule has 4 rings (SSSR count). The van der Waals surface area contributed by atoms with Crippen LogP contribution >= 0.6 is 22.9 Å². The molecule has 0 saturated heterocycles. The summed E-state index contributed by atoms with van der Waals surface area (Å²) < 4.78 is 26.7. The highest BCUT2D eigenvalue weighted by Crippen LogP contribution is 2.37. The number of nitrogens with one attached hydrogen (secondary N) is 1. The molecular formula is C22H15ClF2N2O4S. The van der Waals surface area contributed by atoms with Gasteiger partial charge in [-0.15, -0.1) is 11.3 Å². The number of thiophene rings is 1. The molecule has 0 atom stereocenters. The Bertz CT molecular complexity index is 1240. The van der Waals surface area contributed by atoms with Crippen LogP contribution in [-0.4, -0.2) is 34.3 Å². The van der Waals surface area contributed by atoms with Gasteiger partial charge in [-0.1, -0.05) is 11.6 Å². The van der Waals surface area contributed by atoms with Crippen molar-refractivity contribution in [2.24, 2.45) is 0 Å². The maximum absolute atomic E-state index is 13.5. The van der Waals surface area contributed by atoms with Crippen LogP contribution in [0.1, 0.15) is 41.5 Å². The third kappa shape index (κ3) is 4.21. The summed E-state index contributed by atoms with van der Waals surface area (Å²) in [5, 5.41) is 13.0. The molecule has 1 aliphatic heterocycles. The van der Waals surface area contributed by atoms with Crippen LogP contribution in [0.15, 0.2) is 42.5 Å². The number of carbonyl (C=O) groups is 3. The van der Waals surface area contributed by atoms with Gasteiger partial charge in [0.1, 0.15) is 5.00 Å². The molecule has 3 aromatic rings. The van der Waals surface area contributed by atoms with Crippen LogP contribution < -0.4 is 5.32 Å². The van der Waals surface area contributed by atoms with Gasteiger partial charge in [0.2, 0.25) is 0 Å². The molecule has 0 radical (unpaired) electrons. The number of halogens is 3. The average Bonchev–Trinajstić information content (AvgIpc) is 3.12. The molecule has 2 N–H and O–H groups in total. The van der Waals surface area contributed by atoms with Gasteiger partial charge in [-0.05, 0) is 54.4 Å². The summed E-state index contributed by atoms with van der Waals surface area (Å²) in [6.07, 6.45) is 0.250. The zero-order valence-corrected chi connectivity index (χ0v) is 17.9. The first-order valence-electron chi connectivity index (χ1n) is 9.43. The summed E-state index contributed by atoms with van der Waals surface area (Å²) in [5.41, 5.74) is 0.848. The number of hydrogen-bond acceptors (Lipinski definition) is 4. The molecular weight excluding hydrogens is 462 g/mol. The quantitative estimate of drug-likeness (QED) is 0.564. The first-order chi connectivity index (χ1) is 15.2. The Labute approximate surface area is 190 Å². The summed E-state index contributed by atoms with van der Waals surface area (Å²) in [4.78, 5) is 39.2. The van der Waals surface area contributed by atoms with E-state index >= 15 is 0 Å². The van der Waals surface area contributed by atoms with Crippen molar-refractivity contribution in [3.05, 3.63) is 86.3 Å². The minimum absolute atomic E-state index is 0.00127. The van der Waals surface area contributed by atoms with E-state index in [1.807, 2.05) is 0 Å². The number of hydrogen-bond donors (Lipinski definition) is 2. The lowest BCUT2D eigenvalue weighted by atomic mass is 10.0. The van der Waals surface area contributed by atoms with Gasteiger partial charge < -0.3 is 15.3 Å². The predicted octanol–water partition coefficient (Wildman–Crippen LogP) is 4.83. The first kappa shape index (κ1) is 21.9. The molecule has 0 spiro atoms. The number of anilines is 1. The van der Waals surface area contributed by atoms with Gasteiger partial charge in [0, 0.05) is 27.6 Å². The fourth-order valence-corrected chi connectivity index (χ4v) is 4.86. The Morgan fingerprint density at radius 2 is 1.72 bits per heavy atom. The minimum atomic E-state index is -1.19. The second-order valence-electron chi connectivity index (χ2n) is 7.08. The van der Waals surface area contributed by atoms with Gasteiger partial charge >= 0.3 is 5.97 Å². The maximum atomic E-state index is 13.5. The van der Waals surface area contributed by atoms with Crippen molar-refractivity contribution in [2.45, 2.75) is 13.0 Å². The zero-order valence-electron chi connectivity index (χ0n) is 16.3. The van der Waals surface area contributed by atoms with E-state index in [9.17, 15) is 28.3 Å². The molecule has 2 amide bonds. The summed E-state index contributed by atoms with van der Waals surface area (Å²) >= 11 is 6.90. The number of rotatable bonds is 4. The molecule has 164 valence electrons. The molecule has 0 bridgehead atoms. The van der Waals surface area contributed by atoms with E-state index < -0.39 is 29.4 Å². The van der Waals surface area contributed by atoms with Crippen molar-refractivity contribution in [3.8, 4) is 0 Å². The van der Waals surface area contributed by atoms with E-state index in [-0.39, 0.29) is 35.6 Å². The number of benzene rings is 2. The molecule has 10 heteroatoms. The van der Waals surface area contributed by atoms with E-state index in [1.54, 1.807) is 12.1 Å². The summed E-state index contributed by atoms with van der Waals surface area (Å²) in [5.74, 6) is -4.34. The Hall–Kier alpha value is -3.30. The maximum Gasteiger partial charge on any atom is 0.339 e. The number of nitrogens with zero attached hydrogens (tertiary/aromatic N) is 1. The van der Waals surface area contributed by atoms with E-state index in [4.69, 9.17) is 11.6 Å². The predicted molar refractivity (Wildman–Crippen MR) is 115 cm³/mol. The van der Waals surface area contributed by atoms with Crippen molar-refractivity contribution in [3.63, 3.8) is 0 Å². The fourth-order valence-electron chi connectivity index (χ4n) is 3.48. The lowest BCUT2D eigenvalue weighted by Crippen LogP contribution is -2.35. The molecule has 6 nitrogen and oxygen atoms in total. The Morgan fingerprint density at radius 3 is 2.38 bits per heavy atom. The third-order valence-corrected chi connectivity index (χ3v) is 6.44. The zero-order chi connectivity index (χ0) is 23.0. The number of carboxylic acid groups (broad SMARTS) is 1. The second-order valence-corrected chi connectivity index (χ2v) is 8.62. The number of amides is 2. The molecule has 32 heavy (non-hydrogen) atoms. The average molecular weight is 477 g/mol. The Kier molecular flexibility index (Phi) is 5.94. The van der Waals surface area contributed by atoms with Crippen LogP contribution in [0.5, 0.6) is 0 Å². The standard InChI is InChI=1S/C22H15ClF2N2O4S/c23-13-4-1-11(2-5-13)19(28)26-20-18(22(30)31)14-7-8-27(10-17(14)32-20)21(29)12-3-6-15(24)16(25)9-12/h1-6,9H,7-8,10H2,(H,26,28)(H,30,31). The van der Waals surface area contributed by atoms with E-state index in [1.165, 1.54) is 23.1 Å². The van der Waals surface area contributed by atoms with Crippen molar-refractivity contribution in [1.29, 1.82) is 0 Å². The van der Waals surface area contributed by atoms with Crippen molar-refractivity contribution < 1.29 is 28.3 Å². The van der Waals surface area contributed by atoms with Crippen molar-refractivity contribution in [1.82, 2.24) is 4.90 Å². The second kappa shape index (κ2) is 8.68. The van der Waals surface area contributed by atoms with Crippen LogP contribution in [0.25, 0.3) is 0 Å². The largest absolute Gasteiger partial charge is 0.478 e. The van der Waals surface area contributed by atoms with E-state index in [0.717, 1.165) is 23.5 Å². The summed E-state index contributed by atoms with van der Waals surface area (Å²) in [7, 11) is 0. The smallest absolute Gasteiger partial charge is 0.339 e. The van der Waals surface area contributed by atoms with Crippen LogP contribution in [0.3, 0.4) is 0 Å². The Morgan fingerprint density at radius 1 is 1.03 bits per heavy atom. The monoisotopic (exact) mass is 476 g/mol. The number of aromatic carboxylic acids is 1. The van der Waals surface area contributed by atoms with Crippen LogP contribution in [0.2, 0.25) is 5.02 Å². The molecule has 0 saturated carbocycles. The molecule has 2 aromatic carbocycles. The highest BCUT2D eigenvalue weighted by atomic mass is 35.5. The van der Waals surface area contributed by atoms with Gasteiger partial charge in [-0.3, -0.25) is 9.59 Å².